The molecule has 8 heteroatoms. The molecule has 1 saturated carbocycles. The summed E-state index contributed by atoms with van der Waals surface area (Å²) in [5, 5.41) is 21.7. The Morgan fingerprint density at radius 1 is 1.34 bits per heavy atom. The summed E-state index contributed by atoms with van der Waals surface area (Å²) in [5.74, 6) is -0.305. The van der Waals surface area contributed by atoms with Crippen molar-refractivity contribution in [2.24, 2.45) is 5.92 Å². The number of aliphatic hydroxyl groups is 1. The molecule has 1 aromatic carbocycles. The predicted octanol–water partition coefficient (Wildman–Crippen LogP) is 2.76. The number of aromatic nitrogens is 1. The number of fused-ring (bicyclic) bond motifs is 1. The normalized spacial score (nSPS) is 20.3. The zero-order chi connectivity index (χ0) is 20.9. The van der Waals surface area contributed by atoms with Crippen LogP contribution in [0.15, 0.2) is 16.9 Å². The highest BCUT2D eigenvalue weighted by atomic mass is 19.1. The Hall–Kier alpha value is -2.61. The zero-order valence-corrected chi connectivity index (χ0v) is 16.6. The molecule has 3 N–H and O–H groups in total. The topological polar surface area (TPSA) is 94.8 Å². The molecule has 2 fully saturated rings. The molecule has 1 amide bonds. The lowest BCUT2D eigenvalue weighted by atomic mass is 10.0. The monoisotopic (exact) mass is 403 g/mol. The lowest BCUT2D eigenvalue weighted by Gasteiger charge is -2.26. The number of nitrogens with zero attached hydrogens (tertiary/aromatic N) is 2. The van der Waals surface area contributed by atoms with Crippen LogP contribution in [0.3, 0.4) is 0 Å². The molecule has 29 heavy (non-hydrogen) atoms. The Kier molecular flexibility index (Phi) is 4.98. The second-order valence-corrected chi connectivity index (χ2v) is 8.23. The van der Waals surface area contributed by atoms with E-state index in [9.17, 15) is 14.7 Å². The third-order valence-corrected chi connectivity index (χ3v) is 6.27. The first kappa shape index (κ1) is 19.7. The lowest BCUT2D eigenvalue weighted by Crippen LogP contribution is -2.38. The van der Waals surface area contributed by atoms with E-state index in [1.54, 1.807) is 4.57 Å². The van der Waals surface area contributed by atoms with Gasteiger partial charge in [0, 0.05) is 36.6 Å². The zero-order valence-electron chi connectivity index (χ0n) is 16.6. The van der Waals surface area contributed by atoms with Crippen LogP contribution in [-0.2, 0) is 6.61 Å². The predicted molar refractivity (Wildman–Crippen MR) is 108 cm³/mol. The molecular weight excluding hydrogens is 377 g/mol. The highest BCUT2D eigenvalue weighted by Gasteiger charge is 2.33. The first-order chi connectivity index (χ1) is 13.8. The summed E-state index contributed by atoms with van der Waals surface area (Å²) in [6.07, 6.45) is 1.53. The molecule has 0 radical (unpaired) electrons. The van der Waals surface area contributed by atoms with Crippen LogP contribution in [0.5, 0.6) is 0 Å². The summed E-state index contributed by atoms with van der Waals surface area (Å²) in [7, 11) is 0. The molecule has 2 aliphatic rings. The van der Waals surface area contributed by atoms with Gasteiger partial charge in [0.15, 0.2) is 0 Å². The maximum absolute atomic E-state index is 15.2. The van der Waals surface area contributed by atoms with Crippen molar-refractivity contribution in [3.05, 3.63) is 39.4 Å². The summed E-state index contributed by atoms with van der Waals surface area (Å²) in [6.45, 7) is 4.49. The molecule has 1 saturated heterocycles. The second-order valence-electron chi connectivity index (χ2n) is 8.23. The number of aliphatic hydroxyl groups excluding tert-OH is 1. The van der Waals surface area contributed by atoms with E-state index in [1.165, 1.54) is 12.1 Å². The number of rotatable bonds is 5. The fourth-order valence-electron chi connectivity index (χ4n) is 4.64. The minimum Gasteiger partial charge on any atom is -0.465 e. The molecule has 0 spiro atoms. The number of hydrogen-bond donors (Lipinski definition) is 3. The van der Waals surface area contributed by atoms with Gasteiger partial charge in [-0.15, -0.1) is 0 Å². The van der Waals surface area contributed by atoms with E-state index in [0.717, 1.165) is 19.3 Å². The Bertz CT molecular complexity index is 1030. The van der Waals surface area contributed by atoms with E-state index in [-0.39, 0.29) is 36.0 Å². The van der Waals surface area contributed by atoms with Crippen molar-refractivity contribution >= 4 is 22.7 Å². The van der Waals surface area contributed by atoms with Gasteiger partial charge in [-0.1, -0.05) is 0 Å². The molecule has 1 aliphatic heterocycles. The number of carboxylic acid groups (broad SMARTS) is 1. The fraction of sp³-hybridized carbons (Fsp3) is 0.524. The Balaban J connectivity index is 1.79. The van der Waals surface area contributed by atoms with Crippen LogP contribution in [-0.4, -0.2) is 40.0 Å². The summed E-state index contributed by atoms with van der Waals surface area (Å²) < 4.78 is 17.0. The van der Waals surface area contributed by atoms with Crippen LogP contribution in [0.4, 0.5) is 14.9 Å². The summed E-state index contributed by atoms with van der Waals surface area (Å²) in [5.41, 5.74) is 2.13. The molecule has 7 nitrogen and oxygen atoms in total. The van der Waals surface area contributed by atoms with E-state index in [4.69, 9.17) is 5.11 Å². The van der Waals surface area contributed by atoms with Crippen molar-refractivity contribution < 1.29 is 19.4 Å². The second kappa shape index (κ2) is 7.33. The van der Waals surface area contributed by atoms with Gasteiger partial charge in [-0.2, -0.15) is 0 Å². The van der Waals surface area contributed by atoms with Gasteiger partial charge in [-0.25, -0.2) is 9.18 Å². The quantitative estimate of drug-likeness (QED) is 0.714. The van der Waals surface area contributed by atoms with Crippen LogP contribution >= 0.6 is 0 Å². The van der Waals surface area contributed by atoms with E-state index >= 15 is 4.39 Å². The first-order valence-electron chi connectivity index (χ1n) is 10.0. The van der Waals surface area contributed by atoms with Crippen LogP contribution in [0, 0.1) is 18.7 Å². The number of carbonyl (C=O) groups is 1. The summed E-state index contributed by atoms with van der Waals surface area (Å²) >= 11 is 0. The molecule has 1 aromatic heterocycles. The minimum atomic E-state index is -1.06. The lowest BCUT2D eigenvalue weighted by molar-refractivity contribution is 0.186. The van der Waals surface area contributed by atoms with Gasteiger partial charge in [0.1, 0.15) is 5.82 Å². The van der Waals surface area contributed by atoms with E-state index < -0.39 is 6.09 Å². The van der Waals surface area contributed by atoms with Crippen LogP contribution in [0.25, 0.3) is 10.9 Å². The standard InChI is InChI=1S/C21H26FN3O4/c1-11-19-16(14(10-26)7-18(27)25(19)15-3-4-15)8-17(22)20(11)24-6-5-13(9-24)12(2)23-21(28)29/h7-8,12-13,15,23,26H,3-6,9-10H2,1-2H3,(H,28,29)/t12-,13?/m0/s1. The molecule has 2 aromatic rings. The molecule has 2 atom stereocenters. The average molecular weight is 403 g/mol. The molecule has 1 aliphatic carbocycles. The summed E-state index contributed by atoms with van der Waals surface area (Å²) in [4.78, 5) is 25.6. The van der Waals surface area contributed by atoms with Crippen molar-refractivity contribution in [2.75, 3.05) is 18.0 Å². The highest BCUT2D eigenvalue weighted by Crippen LogP contribution is 2.41. The Morgan fingerprint density at radius 3 is 2.69 bits per heavy atom. The number of pyridine rings is 1. The number of hydrogen-bond acceptors (Lipinski definition) is 4. The van der Waals surface area contributed by atoms with Crippen LogP contribution in [0.1, 0.15) is 43.4 Å². The maximum atomic E-state index is 15.2. The Labute approximate surface area is 167 Å². The van der Waals surface area contributed by atoms with Crippen molar-refractivity contribution in [3.63, 3.8) is 0 Å². The highest BCUT2D eigenvalue weighted by molar-refractivity contribution is 5.90. The van der Waals surface area contributed by atoms with E-state index in [2.05, 4.69) is 5.32 Å². The molecule has 2 heterocycles. The number of aryl methyl sites for hydroxylation is 1. The van der Waals surface area contributed by atoms with Crippen LogP contribution in [0.2, 0.25) is 0 Å². The summed E-state index contributed by atoms with van der Waals surface area (Å²) in [6, 6.07) is 2.73. The van der Waals surface area contributed by atoms with Gasteiger partial charge >= 0.3 is 6.09 Å². The smallest absolute Gasteiger partial charge is 0.404 e. The van der Waals surface area contributed by atoms with E-state index in [0.29, 0.717) is 40.8 Å². The Morgan fingerprint density at radius 2 is 2.07 bits per heavy atom. The molecule has 4 rings (SSSR count). The van der Waals surface area contributed by atoms with Crippen molar-refractivity contribution in [2.45, 2.75) is 51.8 Å². The van der Waals surface area contributed by atoms with Crippen molar-refractivity contribution in [3.8, 4) is 0 Å². The number of benzene rings is 1. The van der Waals surface area contributed by atoms with Gasteiger partial charge in [0.05, 0.1) is 17.8 Å². The molecule has 0 bridgehead atoms. The number of nitrogens with one attached hydrogen (secondary N) is 1. The molecular formula is C21H26FN3O4. The van der Waals surface area contributed by atoms with Gasteiger partial charge in [0.2, 0.25) is 0 Å². The largest absolute Gasteiger partial charge is 0.465 e. The third kappa shape index (κ3) is 3.46. The van der Waals surface area contributed by atoms with Crippen molar-refractivity contribution in [1.82, 2.24) is 9.88 Å². The SMILES string of the molecule is Cc1c(N2CCC([C@H](C)NC(=O)O)C2)c(F)cc2c(CO)cc(=O)n(C3CC3)c12. The number of anilines is 1. The number of halogens is 1. The van der Waals surface area contributed by atoms with Crippen LogP contribution < -0.4 is 15.8 Å². The van der Waals surface area contributed by atoms with Gasteiger partial charge in [-0.3, -0.25) is 4.79 Å². The maximum Gasteiger partial charge on any atom is 0.404 e. The number of amides is 1. The van der Waals surface area contributed by atoms with Gasteiger partial charge in [-0.05, 0) is 56.2 Å². The van der Waals surface area contributed by atoms with E-state index in [1.807, 2.05) is 18.7 Å². The molecule has 1 unspecified atom stereocenters. The van der Waals surface area contributed by atoms with Crippen molar-refractivity contribution in [1.29, 1.82) is 0 Å². The van der Waals surface area contributed by atoms with Gasteiger partial charge < -0.3 is 25.0 Å². The fourth-order valence-corrected chi connectivity index (χ4v) is 4.64. The minimum absolute atomic E-state index is 0.0787. The third-order valence-electron chi connectivity index (χ3n) is 6.27. The van der Waals surface area contributed by atoms with Gasteiger partial charge in [0.25, 0.3) is 5.56 Å². The average Bonchev–Trinajstić information content (AvgIpc) is 3.37. The first-order valence-corrected chi connectivity index (χ1v) is 10.0. The molecule has 156 valence electrons.